The summed E-state index contributed by atoms with van der Waals surface area (Å²) >= 11 is 10.00. The molecule has 48 heavy (non-hydrogen) atoms. The van der Waals surface area contributed by atoms with Gasteiger partial charge in [0.2, 0.25) is 11.8 Å². The Morgan fingerprint density at radius 2 is 1.62 bits per heavy atom. The van der Waals surface area contributed by atoms with E-state index in [1.54, 1.807) is 48.5 Å². The van der Waals surface area contributed by atoms with E-state index in [2.05, 4.69) is 21.2 Å². The fraction of sp³-hybridized carbons (Fsp3) is 0.297. The zero-order valence-electron chi connectivity index (χ0n) is 26.9. The van der Waals surface area contributed by atoms with Gasteiger partial charge in [-0.1, -0.05) is 90.7 Å². The largest absolute Gasteiger partial charge is 0.496 e. The highest BCUT2D eigenvalue weighted by Crippen LogP contribution is 2.31. The van der Waals surface area contributed by atoms with Gasteiger partial charge in [-0.3, -0.25) is 13.9 Å². The lowest BCUT2D eigenvalue weighted by molar-refractivity contribution is -0.140. The van der Waals surface area contributed by atoms with Crippen molar-refractivity contribution < 1.29 is 22.7 Å². The van der Waals surface area contributed by atoms with Gasteiger partial charge < -0.3 is 15.0 Å². The zero-order valence-corrected chi connectivity index (χ0v) is 30.1. The SMILES string of the molecule is COc1ccc(S(=O)(=O)N(CC(=O)N(Cc2ccccc2Cl)[C@@H](Cc2ccccc2)C(=O)NC2CCCC2)c2ccc(C)cc2)cc1Br. The van der Waals surface area contributed by atoms with Crippen molar-refractivity contribution in [2.45, 2.75) is 62.6 Å². The molecule has 0 aromatic heterocycles. The summed E-state index contributed by atoms with van der Waals surface area (Å²) in [7, 11) is -2.78. The number of sulfonamides is 1. The number of carbonyl (C=O) groups excluding carboxylic acids is 2. The van der Waals surface area contributed by atoms with Gasteiger partial charge in [-0.15, -0.1) is 0 Å². The van der Waals surface area contributed by atoms with Gasteiger partial charge in [-0.2, -0.15) is 0 Å². The topological polar surface area (TPSA) is 96.0 Å². The van der Waals surface area contributed by atoms with E-state index >= 15 is 0 Å². The molecule has 2 amide bonds. The summed E-state index contributed by atoms with van der Waals surface area (Å²) in [6.45, 7) is 1.35. The number of hydrogen-bond donors (Lipinski definition) is 1. The Morgan fingerprint density at radius 1 is 0.958 bits per heavy atom. The van der Waals surface area contributed by atoms with E-state index in [1.165, 1.54) is 24.1 Å². The maximum absolute atomic E-state index is 14.7. The van der Waals surface area contributed by atoms with E-state index in [0.717, 1.165) is 41.1 Å². The van der Waals surface area contributed by atoms with Crippen molar-refractivity contribution in [3.8, 4) is 5.75 Å². The van der Waals surface area contributed by atoms with Crippen molar-refractivity contribution >= 4 is 55.1 Å². The highest BCUT2D eigenvalue weighted by atomic mass is 79.9. The second kappa shape index (κ2) is 16.0. The van der Waals surface area contributed by atoms with Crippen LogP contribution in [-0.4, -0.2) is 50.9 Å². The van der Waals surface area contributed by atoms with Crippen LogP contribution in [0.5, 0.6) is 5.75 Å². The fourth-order valence-corrected chi connectivity index (χ4v) is 8.23. The Balaban J connectivity index is 1.58. The predicted octanol–water partition coefficient (Wildman–Crippen LogP) is 7.31. The van der Waals surface area contributed by atoms with Crippen LogP contribution in [0.25, 0.3) is 0 Å². The summed E-state index contributed by atoms with van der Waals surface area (Å²) < 4.78 is 35.6. The van der Waals surface area contributed by atoms with Gasteiger partial charge in [-0.05, 0) is 83.2 Å². The second-order valence-electron chi connectivity index (χ2n) is 12.0. The van der Waals surface area contributed by atoms with Crippen LogP contribution < -0.4 is 14.4 Å². The van der Waals surface area contributed by atoms with Gasteiger partial charge in [-0.25, -0.2) is 8.42 Å². The Hall–Kier alpha value is -3.86. The van der Waals surface area contributed by atoms with Gasteiger partial charge in [0.15, 0.2) is 0 Å². The van der Waals surface area contributed by atoms with Crippen molar-refractivity contribution in [3.05, 3.63) is 123 Å². The molecule has 4 aromatic carbocycles. The summed E-state index contributed by atoms with van der Waals surface area (Å²) in [5, 5.41) is 3.63. The average Bonchev–Trinajstić information content (AvgIpc) is 3.59. The first kappa shape index (κ1) is 35.4. The number of nitrogens with one attached hydrogen (secondary N) is 1. The lowest BCUT2D eigenvalue weighted by Gasteiger charge is -2.34. The molecule has 8 nitrogen and oxygen atoms in total. The average molecular weight is 753 g/mol. The van der Waals surface area contributed by atoms with Gasteiger partial charge in [0.1, 0.15) is 18.3 Å². The molecular weight excluding hydrogens is 714 g/mol. The third kappa shape index (κ3) is 8.59. The number of hydrogen-bond acceptors (Lipinski definition) is 5. The van der Waals surface area contributed by atoms with Gasteiger partial charge in [0.25, 0.3) is 10.0 Å². The van der Waals surface area contributed by atoms with E-state index in [4.69, 9.17) is 16.3 Å². The molecule has 0 aliphatic heterocycles. The van der Waals surface area contributed by atoms with Crippen molar-refractivity contribution in [3.63, 3.8) is 0 Å². The number of halogens is 2. The molecule has 0 heterocycles. The summed E-state index contributed by atoms with van der Waals surface area (Å²) in [6.07, 6.45) is 4.04. The molecule has 0 unspecified atom stereocenters. The van der Waals surface area contributed by atoms with Crippen LogP contribution >= 0.6 is 27.5 Å². The molecule has 0 spiro atoms. The molecule has 1 aliphatic rings. The lowest BCUT2D eigenvalue weighted by atomic mass is 10.0. The summed E-state index contributed by atoms with van der Waals surface area (Å²) in [4.78, 5) is 30.3. The van der Waals surface area contributed by atoms with Crippen LogP contribution in [-0.2, 0) is 32.6 Å². The Morgan fingerprint density at radius 3 is 2.27 bits per heavy atom. The predicted molar refractivity (Wildman–Crippen MR) is 193 cm³/mol. The standard InChI is InChI=1S/C37H39BrClN3O5S/c1-26-16-18-30(19-17-26)42(48(45,46)31-20-21-35(47-2)32(38)23-31)25-36(43)41(24-28-12-6-9-15-33(28)39)34(22-27-10-4-3-5-11-27)37(44)40-29-13-7-8-14-29/h3-6,9-12,15-21,23,29,34H,7-8,13-14,22,24-25H2,1-2H3,(H,40,44)/t34-/m0/s1. The third-order valence-corrected chi connectivity index (χ3v) is 11.3. The number of carbonyl (C=O) groups is 2. The monoisotopic (exact) mass is 751 g/mol. The van der Waals surface area contributed by atoms with Crippen molar-refractivity contribution in [1.29, 1.82) is 0 Å². The molecule has 0 bridgehead atoms. The quantitative estimate of drug-likeness (QED) is 0.155. The fourth-order valence-electron chi connectivity index (χ4n) is 5.91. The maximum atomic E-state index is 14.7. The number of anilines is 1. The number of methoxy groups -OCH3 is 1. The molecule has 1 aliphatic carbocycles. The van der Waals surface area contributed by atoms with Crippen molar-refractivity contribution in [2.75, 3.05) is 18.0 Å². The smallest absolute Gasteiger partial charge is 0.264 e. The molecule has 11 heteroatoms. The minimum absolute atomic E-state index is 0.00393. The molecule has 4 aromatic rings. The van der Waals surface area contributed by atoms with Crippen LogP contribution in [0.4, 0.5) is 5.69 Å². The molecule has 5 rings (SSSR count). The number of aryl methyl sites for hydroxylation is 1. The van der Waals surface area contributed by atoms with Crippen molar-refractivity contribution in [1.82, 2.24) is 10.2 Å². The van der Waals surface area contributed by atoms with Crippen LogP contribution in [0.1, 0.15) is 42.4 Å². The molecule has 1 saturated carbocycles. The summed E-state index contributed by atoms with van der Waals surface area (Å²) in [5.41, 5.74) is 2.75. The Labute approximate surface area is 296 Å². The summed E-state index contributed by atoms with van der Waals surface area (Å²) in [5.74, 6) is -0.362. The first-order valence-electron chi connectivity index (χ1n) is 15.9. The molecule has 1 fully saturated rings. The normalized spacial score (nSPS) is 13.9. The number of amides is 2. The number of benzene rings is 4. The minimum Gasteiger partial charge on any atom is -0.496 e. The van der Waals surface area contributed by atoms with Crippen LogP contribution in [0.3, 0.4) is 0 Å². The molecule has 1 atom stereocenters. The third-order valence-electron chi connectivity index (χ3n) is 8.58. The van der Waals surface area contributed by atoms with E-state index in [1.807, 2.05) is 43.3 Å². The molecule has 252 valence electrons. The Kier molecular flexibility index (Phi) is 11.8. The van der Waals surface area contributed by atoms with E-state index in [-0.39, 0.29) is 29.8 Å². The van der Waals surface area contributed by atoms with Crippen LogP contribution in [0, 0.1) is 6.92 Å². The lowest BCUT2D eigenvalue weighted by Crippen LogP contribution is -2.54. The number of ether oxygens (including phenoxy) is 1. The van der Waals surface area contributed by atoms with E-state index < -0.39 is 28.5 Å². The summed E-state index contributed by atoms with van der Waals surface area (Å²) in [6, 6.07) is 27.1. The maximum Gasteiger partial charge on any atom is 0.264 e. The minimum atomic E-state index is -4.27. The highest BCUT2D eigenvalue weighted by molar-refractivity contribution is 9.10. The first-order chi connectivity index (χ1) is 23.1. The molecular formula is C37H39BrClN3O5S. The Bertz CT molecular complexity index is 1830. The van der Waals surface area contributed by atoms with E-state index in [9.17, 15) is 18.0 Å². The van der Waals surface area contributed by atoms with E-state index in [0.29, 0.717) is 26.5 Å². The van der Waals surface area contributed by atoms with Gasteiger partial charge in [0.05, 0.1) is 22.2 Å². The molecule has 1 N–H and O–H groups in total. The zero-order chi connectivity index (χ0) is 34.3. The number of nitrogens with zero attached hydrogens (tertiary/aromatic N) is 2. The highest BCUT2D eigenvalue weighted by Gasteiger charge is 2.36. The van der Waals surface area contributed by atoms with Crippen LogP contribution in [0.2, 0.25) is 5.02 Å². The van der Waals surface area contributed by atoms with Crippen LogP contribution in [0.15, 0.2) is 106 Å². The molecule has 0 saturated heterocycles. The molecule has 0 radical (unpaired) electrons. The second-order valence-corrected chi connectivity index (χ2v) is 15.1. The number of rotatable bonds is 13. The van der Waals surface area contributed by atoms with Gasteiger partial charge in [0, 0.05) is 24.0 Å². The van der Waals surface area contributed by atoms with Crippen molar-refractivity contribution in [2.24, 2.45) is 0 Å². The van der Waals surface area contributed by atoms with Gasteiger partial charge >= 0.3 is 0 Å². The first-order valence-corrected chi connectivity index (χ1v) is 18.5.